The molecule has 0 saturated heterocycles. The molecule has 3 atom stereocenters. The summed E-state index contributed by atoms with van der Waals surface area (Å²) in [4.78, 5) is 0. The van der Waals surface area contributed by atoms with E-state index in [9.17, 15) is 4.39 Å². The van der Waals surface area contributed by atoms with Crippen molar-refractivity contribution in [3.05, 3.63) is 12.7 Å². The zero-order valence-electron chi connectivity index (χ0n) is 14.6. The summed E-state index contributed by atoms with van der Waals surface area (Å²) in [6, 6.07) is 0. The van der Waals surface area contributed by atoms with Gasteiger partial charge in [0.15, 0.2) is 8.32 Å². The summed E-state index contributed by atoms with van der Waals surface area (Å²) in [5.74, 6) is 3.61. The van der Waals surface area contributed by atoms with E-state index in [-0.39, 0.29) is 11.1 Å². The Morgan fingerprint density at radius 3 is 2.05 bits per heavy atom. The molecular formula is C17H33FOSi. The van der Waals surface area contributed by atoms with Gasteiger partial charge in [-0.3, -0.25) is 4.39 Å². The summed E-state index contributed by atoms with van der Waals surface area (Å²) in [6.07, 6.45) is 8.24. The van der Waals surface area contributed by atoms with Crippen LogP contribution in [0.1, 0.15) is 41.0 Å². The molecule has 0 aromatic carbocycles. The van der Waals surface area contributed by atoms with Gasteiger partial charge in [0.05, 0.1) is 13.3 Å². The van der Waals surface area contributed by atoms with Crippen LogP contribution in [-0.2, 0) is 4.43 Å². The van der Waals surface area contributed by atoms with Crippen molar-refractivity contribution in [3.63, 3.8) is 0 Å². The van der Waals surface area contributed by atoms with Gasteiger partial charge < -0.3 is 4.43 Å². The fraction of sp³-hybridized carbons (Fsp3) is 0.765. The smallest absolute Gasteiger partial charge is 0.192 e. The Bertz CT molecular complexity index is 312. The number of alkyl halides is 1. The lowest BCUT2D eigenvalue weighted by Crippen LogP contribution is -2.45. The van der Waals surface area contributed by atoms with Crippen LogP contribution in [0.4, 0.5) is 4.39 Å². The predicted molar refractivity (Wildman–Crippen MR) is 91.1 cm³/mol. The molecule has 3 heteroatoms. The van der Waals surface area contributed by atoms with E-state index in [1.54, 1.807) is 0 Å². The summed E-state index contributed by atoms with van der Waals surface area (Å²) in [5, 5.41) is 0.226. The largest absolute Gasteiger partial charge is 0.410 e. The summed E-state index contributed by atoms with van der Waals surface area (Å²) < 4.78 is 15.9. The lowest BCUT2D eigenvalue weighted by Gasteiger charge is -2.41. The molecule has 0 rings (SSSR count). The Morgan fingerprint density at radius 2 is 1.75 bits per heavy atom. The van der Waals surface area contributed by atoms with E-state index in [4.69, 9.17) is 10.8 Å². The number of terminal acetylenes is 1. The maximum atomic E-state index is 9.50. The predicted octanol–water partition coefficient (Wildman–Crippen LogP) is 5.44. The minimum absolute atomic E-state index is 0.106. The van der Waals surface area contributed by atoms with Gasteiger partial charge in [-0.15, -0.1) is 18.9 Å². The van der Waals surface area contributed by atoms with Crippen LogP contribution in [0, 0.1) is 24.2 Å². The Labute approximate surface area is 127 Å². The van der Waals surface area contributed by atoms with E-state index in [1.165, 1.54) is 0 Å². The standard InChI is InChI=1S/C16H30OSi.CH3F/c1-10-12-13(3)14(4)15(11-2)17-18(8,9)16(5,6)7;1-2/h1,11,13-15H,2,12H2,3-9H3;1H3/t13-,14+,15-;/m1./s1. The molecule has 1 nitrogen and oxygen atoms in total. The van der Waals surface area contributed by atoms with Crippen LogP contribution in [0.15, 0.2) is 12.7 Å². The highest BCUT2D eigenvalue weighted by atomic mass is 28.4. The van der Waals surface area contributed by atoms with Crippen LogP contribution < -0.4 is 0 Å². The quantitative estimate of drug-likeness (QED) is 0.360. The Morgan fingerprint density at radius 1 is 1.30 bits per heavy atom. The van der Waals surface area contributed by atoms with E-state index < -0.39 is 8.32 Å². The molecule has 0 aliphatic heterocycles. The van der Waals surface area contributed by atoms with E-state index in [0.717, 1.165) is 6.42 Å². The molecule has 0 unspecified atom stereocenters. The van der Waals surface area contributed by atoms with E-state index in [2.05, 4.69) is 60.2 Å². The molecular weight excluding hydrogens is 267 g/mol. The van der Waals surface area contributed by atoms with Crippen molar-refractivity contribution in [2.45, 2.75) is 65.3 Å². The van der Waals surface area contributed by atoms with Gasteiger partial charge in [-0.2, -0.15) is 0 Å². The van der Waals surface area contributed by atoms with Gasteiger partial charge >= 0.3 is 0 Å². The highest BCUT2D eigenvalue weighted by Crippen LogP contribution is 2.38. The lowest BCUT2D eigenvalue weighted by molar-refractivity contribution is 0.137. The summed E-state index contributed by atoms with van der Waals surface area (Å²) in [7, 11) is -1.24. The van der Waals surface area contributed by atoms with Crippen LogP contribution in [-0.4, -0.2) is 21.6 Å². The Kier molecular flexibility index (Phi) is 10.2. The first-order valence-electron chi connectivity index (χ1n) is 7.18. The van der Waals surface area contributed by atoms with Crippen LogP contribution >= 0.6 is 0 Å². The van der Waals surface area contributed by atoms with Crippen molar-refractivity contribution in [3.8, 4) is 12.3 Å². The second-order valence-electron chi connectivity index (χ2n) is 6.82. The number of hydrogen-bond donors (Lipinski definition) is 0. The number of halogens is 1. The first-order chi connectivity index (χ1) is 9.06. The van der Waals surface area contributed by atoms with Crippen molar-refractivity contribution in [1.82, 2.24) is 0 Å². The molecule has 0 saturated carbocycles. The summed E-state index contributed by atoms with van der Waals surface area (Å²) >= 11 is 0. The molecule has 0 spiro atoms. The van der Waals surface area contributed by atoms with E-state index in [0.29, 0.717) is 19.0 Å². The van der Waals surface area contributed by atoms with Gasteiger partial charge in [0.2, 0.25) is 0 Å². The van der Waals surface area contributed by atoms with Gasteiger partial charge in [-0.1, -0.05) is 40.7 Å². The Hall–Kier alpha value is -0.593. The van der Waals surface area contributed by atoms with E-state index >= 15 is 0 Å². The van der Waals surface area contributed by atoms with Crippen LogP contribution in [0.25, 0.3) is 0 Å². The lowest BCUT2D eigenvalue weighted by atomic mass is 9.88. The fourth-order valence-corrected chi connectivity index (χ4v) is 2.93. The van der Waals surface area contributed by atoms with Crippen molar-refractivity contribution in [2.24, 2.45) is 11.8 Å². The third kappa shape index (κ3) is 6.72. The van der Waals surface area contributed by atoms with Crippen molar-refractivity contribution in [2.75, 3.05) is 7.18 Å². The monoisotopic (exact) mass is 300 g/mol. The average molecular weight is 301 g/mol. The molecule has 0 N–H and O–H groups in total. The normalized spacial score (nSPS) is 16.2. The number of hydrogen-bond acceptors (Lipinski definition) is 1. The maximum absolute atomic E-state index is 9.50. The second kappa shape index (κ2) is 9.36. The van der Waals surface area contributed by atoms with Crippen LogP contribution in [0.5, 0.6) is 0 Å². The maximum Gasteiger partial charge on any atom is 0.192 e. The Balaban J connectivity index is 0. The molecule has 0 aromatic rings. The highest BCUT2D eigenvalue weighted by molar-refractivity contribution is 6.74. The van der Waals surface area contributed by atoms with Crippen molar-refractivity contribution >= 4 is 8.32 Å². The topological polar surface area (TPSA) is 9.23 Å². The highest BCUT2D eigenvalue weighted by Gasteiger charge is 2.39. The fourth-order valence-electron chi connectivity index (χ4n) is 1.58. The van der Waals surface area contributed by atoms with Crippen LogP contribution in [0.2, 0.25) is 18.1 Å². The van der Waals surface area contributed by atoms with E-state index in [1.807, 2.05) is 6.08 Å². The molecule has 0 heterocycles. The third-order valence-corrected chi connectivity index (χ3v) is 8.80. The van der Waals surface area contributed by atoms with Gasteiger partial charge in [0.25, 0.3) is 0 Å². The second-order valence-corrected chi connectivity index (χ2v) is 11.6. The summed E-state index contributed by atoms with van der Waals surface area (Å²) in [6.45, 7) is 19.7. The van der Waals surface area contributed by atoms with Crippen molar-refractivity contribution < 1.29 is 8.82 Å². The molecule has 0 aromatic heterocycles. The molecule has 0 aliphatic rings. The van der Waals surface area contributed by atoms with Crippen molar-refractivity contribution in [1.29, 1.82) is 0 Å². The zero-order chi connectivity index (χ0) is 16.6. The average Bonchev–Trinajstić information content (AvgIpc) is 2.36. The zero-order valence-corrected chi connectivity index (χ0v) is 15.6. The first kappa shape index (κ1) is 21.7. The molecule has 0 amide bonds. The van der Waals surface area contributed by atoms with Crippen LogP contribution in [0.3, 0.4) is 0 Å². The minimum Gasteiger partial charge on any atom is -0.410 e. The van der Waals surface area contributed by atoms with Gasteiger partial charge in [0.1, 0.15) is 0 Å². The number of rotatable bonds is 6. The SMILES string of the molecule is C#CC[C@@H](C)[C@H](C)[C@@H](C=C)O[Si](C)(C)C(C)(C)C.CF. The molecule has 118 valence electrons. The molecule has 0 fully saturated rings. The first-order valence-corrected chi connectivity index (χ1v) is 10.1. The minimum atomic E-state index is -1.74. The van der Waals surface area contributed by atoms with Gasteiger partial charge in [-0.05, 0) is 30.0 Å². The van der Waals surface area contributed by atoms with Gasteiger partial charge in [0, 0.05) is 6.42 Å². The van der Waals surface area contributed by atoms with Gasteiger partial charge in [-0.25, -0.2) is 0 Å². The molecule has 0 radical (unpaired) electrons. The summed E-state index contributed by atoms with van der Waals surface area (Å²) in [5.41, 5.74) is 0. The molecule has 0 aliphatic carbocycles. The molecule has 0 bridgehead atoms. The molecule has 20 heavy (non-hydrogen) atoms. The third-order valence-electron chi connectivity index (χ3n) is 4.32.